The molecule has 0 radical (unpaired) electrons. The first-order chi connectivity index (χ1) is 7.86. The summed E-state index contributed by atoms with van der Waals surface area (Å²) in [6.45, 7) is 3.63. The smallest absolute Gasteiger partial charge is 0.282 e. The average Bonchev–Trinajstić information content (AvgIpc) is 2.35. The van der Waals surface area contributed by atoms with E-state index >= 15 is 0 Å². The molecule has 0 fully saturated rings. The first-order valence-corrected chi connectivity index (χ1v) is 4.82. The summed E-state index contributed by atoms with van der Waals surface area (Å²) in [6, 6.07) is 9.16. The summed E-state index contributed by atoms with van der Waals surface area (Å²) in [5, 5.41) is 7.83. The molecule has 0 spiro atoms. The van der Waals surface area contributed by atoms with Crippen molar-refractivity contribution in [2.75, 3.05) is 0 Å². The van der Waals surface area contributed by atoms with Gasteiger partial charge in [0.25, 0.3) is 5.88 Å². The molecule has 0 bridgehead atoms. The van der Waals surface area contributed by atoms with Crippen molar-refractivity contribution in [2.45, 2.75) is 0 Å². The largest absolute Gasteiger partial charge is 0.448 e. The molecule has 0 atom stereocenters. The lowest BCUT2D eigenvalue weighted by Crippen LogP contribution is -2.02. The fraction of sp³-hybridized carbons (Fsp3) is 0. The van der Waals surface area contributed by atoms with Gasteiger partial charge in [-0.1, -0.05) is 18.7 Å². The van der Waals surface area contributed by atoms with E-state index in [0.29, 0.717) is 28.8 Å². The van der Waals surface area contributed by atoms with Gasteiger partial charge < -0.3 is 9.47 Å². The highest BCUT2D eigenvalue weighted by Gasteiger charge is 2.19. The highest BCUT2D eigenvalue weighted by molar-refractivity contribution is 5.54. The average molecular weight is 212 g/mol. The zero-order valence-electron chi connectivity index (χ0n) is 8.38. The van der Waals surface area contributed by atoms with Gasteiger partial charge in [-0.05, 0) is 18.2 Å². The first kappa shape index (κ1) is 8.91. The van der Waals surface area contributed by atoms with Crippen molar-refractivity contribution in [3.05, 3.63) is 42.6 Å². The van der Waals surface area contributed by atoms with Gasteiger partial charge in [0.15, 0.2) is 17.2 Å². The lowest BCUT2D eigenvalue weighted by atomic mass is 10.3. The van der Waals surface area contributed by atoms with E-state index in [-0.39, 0.29) is 0 Å². The van der Waals surface area contributed by atoms with Crippen molar-refractivity contribution in [1.82, 2.24) is 10.2 Å². The standard InChI is InChI=1S/C12H8N2O2/c1-2-8-7-11-12(14-13-8)16-10-6-4-3-5-9(10)15-11/h2-7H,1H2. The molecule has 3 rings (SSSR count). The predicted octanol–water partition coefficient (Wildman–Crippen LogP) is 3.02. The molecule has 2 heterocycles. The summed E-state index contributed by atoms with van der Waals surface area (Å²) in [4.78, 5) is 0. The highest BCUT2D eigenvalue weighted by Crippen LogP contribution is 2.43. The summed E-state index contributed by atoms with van der Waals surface area (Å²) >= 11 is 0. The van der Waals surface area contributed by atoms with Crippen LogP contribution in [0.4, 0.5) is 0 Å². The van der Waals surface area contributed by atoms with Crippen LogP contribution >= 0.6 is 0 Å². The van der Waals surface area contributed by atoms with Gasteiger partial charge in [-0.2, -0.15) is 0 Å². The van der Waals surface area contributed by atoms with Crippen LogP contribution < -0.4 is 9.47 Å². The molecule has 2 aromatic rings. The van der Waals surface area contributed by atoms with Crippen molar-refractivity contribution in [1.29, 1.82) is 0 Å². The first-order valence-electron chi connectivity index (χ1n) is 4.82. The van der Waals surface area contributed by atoms with Crippen LogP contribution in [0.25, 0.3) is 6.08 Å². The van der Waals surface area contributed by atoms with Gasteiger partial charge in [0.05, 0.1) is 5.69 Å². The van der Waals surface area contributed by atoms with Crippen LogP contribution in [0.1, 0.15) is 5.69 Å². The van der Waals surface area contributed by atoms with Crippen molar-refractivity contribution in [3.8, 4) is 23.1 Å². The molecule has 16 heavy (non-hydrogen) atoms. The second kappa shape index (κ2) is 3.34. The predicted molar refractivity (Wildman–Crippen MR) is 58.7 cm³/mol. The van der Waals surface area contributed by atoms with Gasteiger partial charge in [0, 0.05) is 6.07 Å². The van der Waals surface area contributed by atoms with Crippen LogP contribution in [0.5, 0.6) is 23.1 Å². The molecule has 1 aromatic heterocycles. The normalized spacial score (nSPS) is 11.8. The fourth-order valence-corrected chi connectivity index (χ4v) is 1.46. The molecule has 4 heteroatoms. The Kier molecular flexibility index (Phi) is 1.86. The van der Waals surface area contributed by atoms with Crippen molar-refractivity contribution < 1.29 is 9.47 Å². The summed E-state index contributed by atoms with van der Waals surface area (Å²) in [5.41, 5.74) is 0.654. The zero-order valence-corrected chi connectivity index (χ0v) is 8.38. The molecule has 0 N–H and O–H groups in total. The second-order valence-electron chi connectivity index (χ2n) is 3.29. The van der Waals surface area contributed by atoms with Gasteiger partial charge in [0.2, 0.25) is 0 Å². The molecule has 0 aliphatic carbocycles. The molecule has 0 saturated carbocycles. The van der Waals surface area contributed by atoms with E-state index in [1.54, 1.807) is 12.1 Å². The number of ether oxygens (including phenoxy) is 2. The highest BCUT2D eigenvalue weighted by atomic mass is 16.6. The third kappa shape index (κ3) is 1.32. The van der Waals surface area contributed by atoms with Gasteiger partial charge in [-0.25, -0.2) is 0 Å². The molecular formula is C12H8N2O2. The van der Waals surface area contributed by atoms with Crippen LogP contribution in [0.3, 0.4) is 0 Å². The Labute approximate surface area is 92.2 Å². The Morgan fingerprint density at radius 3 is 2.50 bits per heavy atom. The van der Waals surface area contributed by atoms with E-state index < -0.39 is 0 Å². The monoisotopic (exact) mass is 212 g/mol. The summed E-state index contributed by atoms with van der Waals surface area (Å²) in [6.07, 6.45) is 1.61. The number of fused-ring (bicyclic) bond motifs is 2. The molecule has 1 aliphatic heterocycles. The number of hydrogen-bond acceptors (Lipinski definition) is 4. The Bertz CT molecular complexity index is 567. The summed E-state index contributed by atoms with van der Waals surface area (Å²) in [7, 11) is 0. The van der Waals surface area contributed by atoms with Crippen LogP contribution in [0, 0.1) is 0 Å². The van der Waals surface area contributed by atoms with E-state index in [4.69, 9.17) is 9.47 Å². The van der Waals surface area contributed by atoms with E-state index in [1.165, 1.54) is 0 Å². The Balaban J connectivity index is 2.08. The maximum absolute atomic E-state index is 5.64. The Morgan fingerprint density at radius 2 is 1.75 bits per heavy atom. The van der Waals surface area contributed by atoms with E-state index in [2.05, 4.69) is 16.8 Å². The maximum atomic E-state index is 5.64. The van der Waals surface area contributed by atoms with E-state index in [1.807, 2.05) is 24.3 Å². The minimum atomic E-state index is 0.379. The Morgan fingerprint density at radius 1 is 1.00 bits per heavy atom. The van der Waals surface area contributed by atoms with Crippen LogP contribution in [0.2, 0.25) is 0 Å². The van der Waals surface area contributed by atoms with Crippen LogP contribution in [0.15, 0.2) is 36.9 Å². The minimum absolute atomic E-state index is 0.379. The molecule has 4 nitrogen and oxygen atoms in total. The number of aromatic nitrogens is 2. The Hall–Kier alpha value is -2.36. The van der Waals surface area contributed by atoms with Gasteiger partial charge in [-0.3, -0.25) is 0 Å². The molecule has 1 aromatic carbocycles. The number of rotatable bonds is 1. The third-order valence-electron chi connectivity index (χ3n) is 2.23. The van der Waals surface area contributed by atoms with Crippen LogP contribution in [-0.2, 0) is 0 Å². The zero-order chi connectivity index (χ0) is 11.0. The molecule has 0 saturated heterocycles. The molecule has 0 unspecified atom stereocenters. The topological polar surface area (TPSA) is 44.2 Å². The van der Waals surface area contributed by atoms with Gasteiger partial charge >= 0.3 is 0 Å². The van der Waals surface area contributed by atoms with E-state index in [0.717, 1.165) is 0 Å². The van der Waals surface area contributed by atoms with E-state index in [9.17, 15) is 0 Å². The second-order valence-corrected chi connectivity index (χ2v) is 3.29. The van der Waals surface area contributed by atoms with Gasteiger partial charge in [-0.15, -0.1) is 10.2 Å². The quantitative estimate of drug-likeness (QED) is 0.622. The fourth-order valence-electron chi connectivity index (χ4n) is 1.46. The molecule has 78 valence electrons. The molecule has 0 amide bonds. The number of para-hydroxylation sites is 2. The van der Waals surface area contributed by atoms with Crippen molar-refractivity contribution >= 4 is 6.08 Å². The van der Waals surface area contributed by atoms with Gasteiger partial charge in [0.1, 0.15) is 0 Å². The number of hydrogen-bond donors (Lipinski definition) is 0. The number of nitrogens with zero attached hydrogens (tertiary/aromatic N) is 2. The van der Waals surface area contributed by atoms with Crippen LogP contribution in [-0.4, -0.2) is 10.2 Å². The molecular weight excluding hydrogens is 204 g/mol. The lowest BCUT2D eigenvalue weighted by molar-refractivity contribution is 0.343. The van der Waals surface area contributed by atoms with Crippen molar-refractivity contribution in [2.24, 2.45) is 0 Å². The lowest BCUT2D eigenvalue weighted by Gasteiger charge is -2.18. The summed E-state index contributed by atoms with van der Waals surface area (Å²) in [5.74, 6) is 2.27. The SMILES string of the molecule is C=Cc1cc2c(nn1)Oc1ccccc1O2. The third-order valence-corrected chi connectivity index (χ3v) is 2.23. The maximum Gasteiger partial charge on any atom is 0.282 e. The number of benzene rings is 1. The minimum Gasteiger partial charge on any atom is -0.448 e. The van der Waals surface area contributed by atoms with Crippen molar-refractivity contribution in [3.63, 3.8) is 0 Å². The molecule has 1 aliphatic rings. The summed E-state index contributed by atoms with van der Waals surface area (Å²) < 4.78 is 11.2.